The SMILES string of the molecule is CC1(C)OC(=O)C(c2ccc(OCc3ccc4ccccc4n3)cc2)=C1OS(=O)(=O)C(F)(F)F. The summed E-state index contributed by atoms with van der Waals surface area (Å²) in [5.74, 6) is -1.36. The normalized spacial score (nSPS) is 16.0. The number of esters is 1. The summed E-state index contributed by atoms with van der Waals surface area (Å²) >= 11 is 0. The van der Waals surface area contributed by atoms with Gasteiger partial charge in [0.25, 0.3) is 0 Å². The molecular formula is C23H18F3NO6S. The highest BCUT2D eigenvalue weighted by Gasteiger charge is 2.53. The molecule has 0 bridgehead atoms. The summed E-state index contributed by atoms with van der Waals surface area (Å²) in [6, 6.07) is 17.1. The third-order valence-corrected chi connectivity index (χ3v) is 5.94. The topological polar surface area (TPSA) is 91.8 Å². The van der Waals surface area contributed by atoms with Crippen LogP contribution in [0.4, 0.5) is 13.2 Å². The van der Waals surface area contributed by atoms with E-state index in [9.17, 15) is 26.4 Å². The van der Waals surface area contributed by atoms with Gasteiger partial charge in [-0.05, 0) is 43.7 Å². The van der Waals surface area contributed by atoms with Crippen LogP contribution in [0.5, 0.6) is 5.75 Å². The number of cyclic esters (lactones) is 1. The van der Waals surface area contributed by atoms with E-state index in [0.717, 1.165) is 10.9 Å². The van der Waals surface area contributed by atoms with Crippen LogP contribution in [0.3, 0.4) is 0 Å². The quantitative estimate of drug-likeness (QED) is 0.279. The number of para-hydroxylation sites is 1. The first-order chi connectivity index (χ1) is 15.9. The molecule has 4 rings (SSSR count). The molecule has 0 unspecified atom stereocenters. The average molecular weight is 493 g/mol. The Morgan fingerprint density at radius 1 is 1.00 bits per heavy atom. The fourth-order valence-electron chi connectivity index (χ4n) is 3.33. The van der Waals surface area contributed by atoms with Crippen molar-refractivity contribution in [2.24, 2.45) is 0 Å². The number of carbonyl (C=O) groups excluding carboxylic acids is 1. The van der Waals surface area contributed by atoms with E-state index in [2.05, 4.69) is 9.17 Å². The lowest BCUT2D eigenvalue weighted by Gasteiger charge is -2.21. The number of nitrogens with zero attached hydrogens (tertiary/aromatic N) is 1. The molecule has 2 aromatic carbocycles. The number of ether oxygens (including phenoxy) is 2. The van der Waals surface area contributed by atoms with Crippen LogP contribution in [0.15, 0.2) is 66.4 Å². The number of alkyl halides is 3. The van der Waals surface area contributed by atoms with Crippen LogP contribution < -0.4 is 4.74 Å². The highest BCUT2D eigenvalue weighted by molar-refractivity contribution is 7.87. The van der Waals surface area contributed by atoms with Gasteiger partial charge < -0.3 is 13.7 Å². The Morgan fingerprint density at radius 3 is 2.35 bits per heavy atom. The molecule has 178 valence electrons. The van der Waals surface area contributed by atoms with Gasteiger partial charge >= 0.3 is 21.6 Å². The number of hydrogen-bond donors (Lipinski definition) is 0. The van der Waals surface area contributed by atoms with Gasteiger partial charge in [-0.25, -0.2) is 9.78 Å². The van der Waals surface area contributed by atoms with Crippen molar-refractivity contribution in [3.05, 3.63) is 77.7 Å². The van der Waals surface area contributed by atoms with E-state index < -0.39 is 38.5 Å². The average Bonchev–Trinajstić information content (AvgIpc) is 2.99. The summed E-state index contributed by atoms with van der Waals surface area (Å²) in [5.41, 5.74) is -6.20. The van der Waals surface area contributed by atoms with Crippen molar-refractivity contribution in [3.8, 4) is 5.75 Å². The molecule has 1 aliphatic heterocycles. The van der Waals surface area contributed by atoms with Gasteiger partial charge in [0.05, 0.1) is 11.2 Å². The minimum absolute atomic E-state index is 0.110. The summed E-state index contributed by atoms with van der Waals surface area (Å²) in [6.07, 6.45) is 0. The van der Waals surface area contributed by atoms with Gasteiger partial charge in [0.1, 0.15) is 17.9 Å². The van der Waals surface area contributed by atoms with Gasteiger partial charge in [-0.3, -0.25) is 0 Å². The third kappa shape index (κ3) is 4.56. The van der Waals surface area contributed by atoms with Crippen molar-refractivity contribution < 1.29 is 40.0 Å². The Morgan fingerprint density at radius 2 is 1.68 bits per heavy atom. The molecule has 11 heteroatoms. The minimum Gasteiger partial charge on any atom is -0.487 e. The van der Waals surface area contributed by atoms with E-state index in [0.29, 0.717) is 11.4 Å². The Balaban J connectivity index is 1.57. The lowest BCUT2D eigenvalue weighted by molar-refractivity contribution is -0.143. The van der Waals surface area contributed by atoms with Gasteiger partial charge in [-0.15, -0.1) is 0 Å². The lowest BCUT2D eigenvalue weighted by Crippen LogP contribution is -2.31. The Kier molecular flexibility index (Phi) is 5.76. The van der Waals surface area contributed by atoms with E-state index in [4.69, 9.17) is 9.47 Å². The summed E-state index contributed by atoms with van der Waals surface area (Å²) in [4.78, 5) is 16.9. The molecule has 0 N–H and O–H groups in total. The molecule has 3 aromatic rings. The molecule has 0 amide bonds. The summed E-state index contributed by atoms with van der Waals surface area (Å²) in [7, 11) is -6.00. The molecule has 0 saturated carbocycles. The summed E-state index contributed by atoms with van der Waals surface area (Å²) in [5, 5.41) is 0.987. The molecule has 2 heterocycles. The number of hydrogen-bond acceptors (Lipinski definition) is 7. The zero-order valence-corrected chi connectivity index (χ0v) is 18.7. The predicted octanol–water partition coefficient (Wildman–Crippen LogP) is 4.73. The second kappa shape index (κ2) is 8.32. The van der Waals surface area contributed by atoms with Crippen molar-refractivity contribution in [2.45, 2.75) is 31.6 Å². The Bertz CT molecular complexity index is 1400. The van der Waals surface area contributed by atoms with Crippen LogP contribution in [0.1, 0.15) is 25.1 Å². The number of halogens is 3. The maximum Gasteiger partial charge on any atom is 0.534 e. The third-order valence-electron chi connectivity index (χ3n) is 4.99. The van der Waals surface area contributed by atoms with Gasteiger partial charge in [0.15, 0.2) is 11.4 Å². The molecule has 7 nitrogen and oxygen atoms in total. The van der Waals surface area contributed by atoms with Crippen molar-refractivity contribution >= 4 is 32.6 Å². The van der Waals surface area contributed by atoms with Crippen molar-refractivity contribution in [2.75, 3.05) is 0 Å². The van der Waals surface area contributed by atoms with E-state index in [1.54, 1.807) is 0 Å². The zero-order valence-electron chi connectivity index (χ0n) is 17.9. The predicted molar refractivity (Wildman–Crippen MR) is 116 cm³/mol. The monoisotopic (exact) mass is 493 g/mol. The van der Waals surface area contributed by atoms with E-state index in [1.165, 1.54) is 38.1 Å². The van der Waals surface area contributed by atoms with Crippen LogP contribution in [0.25, 0.3) is 16.5 Å². The maximum absolute atomic E-state index is 12.8. The van der Waals surface area contributed by atoms with Gasteiger partial charge in [-0.1, -0.05) is 36.4 Å². The van der Waals surface area contributed by atoms with E-state index >= 15 is 0 Å². The number of benzene rings is 2. The molecule has 0 saturated heterocycles. The molecule has 1 aliphatic rings. The van der Waals surface area contributed by atoms with Crippen LogP contribution in [-0.2, 0) is 30.4 Å². The van der Waals surface area contributed by atoms with Gasteiger partial charge in [-0.2, -0.15) is 21.6 Å². The molecule has 0 radical (unpaired) electrons. The zero-order chi connectivity index (χ0) is 24.7. The highest BCUT2D eigenvalue weighted by atomic mass is 32.2. The van der Waals surface area contributed by atoms with E-state index in [-0.39, 0.29) is 12.2 Å². The molecule has 0 spiro atoms. The first-order valence-corrected chi connectivity index (χ1v) is 11.3. The van der Waals surface area contributed by atoms with Crippen LogP contribution >= 0.6 is 0 Å². The molecule has 0 atom stereocenters. The first kappa shape index (κ1) is 23.6. The second-order valence-corrected chi connectivity index (χ2v) is 9.43. The fourth-order valence-corrected chi connectivity index (χ4v) is 3.93. The summed E-state index contributed by atoms with van der Waals surface area (Å²) in [6.45, 7) is 2.61. The number of fused-ring (bicyclic) bond motifs is 1. The van der Waals surface area contributed by atoms with Gasteiger partial charge in [0.2, 0.25) is 0 Å². The number of carbonyl (C=O) groups is 1. The van der Waals surface area contributed by atoms with Crippen molar-refractivity contribution in [1.82, 2.24) is 4.98 Å². The van der Waals surface area contributed by atoms with Crippen LogP contribution in [-0.4, -0.2) is 30.5 Å². The molecule has 34 heavy (non-hydrogen) atoms. The van der Waals surface area contributed by atoms with Crippen LogP contribution in [0, 0.1) is 0 Å². The molecule has 0 aliphatic carbocycles. The Hall–Kier alpha value is -3.60. The number of aromatic nitrogens is 1. The smallest absolute Gasteiger partial charge is 0.487 e. The van der Waals surface area contributed by atoms with Gasteiger partial charge in [0, 0.05) is 5.39 Å². The standard InChI is InChI=1S/C23H18F3NO6S/c1-22(2)20(33-34(29,30)23(24,25)26)19(21(28)32-22)15-8-11-17(12-9-15)31-13-16-10-7-14-5-3-4-6-18(14)27-16/h3-12H,13H2,1-2H3. The first-order valence-electron chi connectivity index (χ1n) is 9.94. The van der Waals surface area contributed by atoms with Crippen LogP contribution in [0.2, 0.25) is 0 Å². The molecule has 1 aromatic heterocycles. The van der Waals surface area contributed by atoms with E-state index in [1.807, 2.05) is 36.4 Å². The Labute approximate surface area is 192 Å². The highest BCUT2D eigenvalue weighted by Crippen LogP contribution is 2.41. The second-order valence-electron chi connectivity index (χ2n) is 7.90. The van der Waals surface area contributed by atoms with Crippen molar-refractivity contribution in [3.63, 3.8) is 0 Å². The fraction of sp³-hybridized carbons (Fsp3) is 0.217. The minimum atomic E-state index is -6.00. The van der Waals surface area contributed by atoms with Crippen molar-refractivity contribution in [1.29, 1.82) is 0 Å². The summed E-state index contributed by atoms with van der Waals surface area (Å²) < 4.78 is 76.7. The molecule has 0 fully saturated rings. The largest absolute Gasteiger partial charge is 0.534 e. The molecular weight excluding hydrogens is 475 g/mol. The number of pyridine rings is 1. The maximum atomic E-state index is 12.8. The lowest BCUT2D eigenvalue weighted by atomic mass is 10.00. The number of rotatable bonds is 6.